The summed E-state index contributed by atoms with van der Waals surface area (Å²) in [4.78, 5) is 3.10. The van der Waals surface area contributed by atoms with E-state index in [1.54, 1.807) is 7.11 Å². The van der Waals surface area contributed by atoms with Gasteiger partial charge in [-0.05, 0) is 35.7 Å². The molecule has 1 aromatic carbocycles. The van der Waals surface area contributed by atoms with Gasteiger partial charge >= 0.3 is 5.17 Å². The van der Waals surface area contributed by atoms with Crippen molar-refractivity contribution in [3.05, 3.63) is 29.8 Å². The first-order valence-electron chi connectivity index (χ1n) is 4.29. The first-order chi connectivity index (χ1) is 6.76. The number of benzene rings is 1. The molecule has 0 aliphatic heterocycles. The van der Waals surface area contributed by atoms with E-state index in [2.05, 4.69) is 4.99 Å². The zero-order valence-electron chi connectivity index (χ0n) is 8.41. The van der Waals surface area contributed by atoms with Crippen LogP contribution in [0.15, 0.2) is 24.3 Å². The van der Waals surface area contributed by atoms with Crippen LogP contribution in [0, 0.1) is 0 Å². The van der Waals surface area contributed by atoms with E-state index in [0.717, 1.165) is 17.5 Å². The summed E-state index contributed by atoms with van der Waals surface area (Å²) >= 11 is 1.51. The van der Waals surface area contributed by atoms with E-state index in [4.69, 9.17) is 10.5 Å². The van der Waals surface area contributed by atoms with Crippen molar-refractivity contribution >= 4 is 16.9 Å². The predicted molar refractivity (Wildman–Crippen MR) is 60.4 cm³/mol. The number of ether oxygens (including phenoxy) is 1. The van der Waals surface area contributed by atoms with Crippen LogP contribution in [0.25, 0.3) is 0 Å². The van der Waals surface area contributed by atoms with Crippen LogP contribution >= 0.6 is 11.8 Å². The summed E-state index contributed by atoms with van der Waals surface area (Å²) in [5.74, 6) is 0.871. The maximum Gasteiger partial charge on any atom is 0.301 e. The minimum Gasteiger partial charge on any atom is -0.497 e. The molecule has 0 unspecified atom stereocenters. The van der Waals surface area contributed by atoms with Crippen molar-refractivity contribution in [2.24, 2.45) is 5.73 Å². The number of rotatable bonds is 3. The number of hydrogen-bond acceptors (Lipinski definition) is 2. The summed E-state index contributed by atoms with van der Waals surface area (Å²) in [6.07, 6.45) is 1.94. The molecule has 3 nitrogen and oxygen atoms in total. The average Bonchev–Trinajstić information content (AvgIpc) is 2.26. The van der Waals surface area contributed by atoms with Gasteiger partial charge in [0.05, 0.1) is 7.11 Å². The van der Waals surface area contributed by atoms with Gasteiger partial charge < -0.3 is 4.74 Å². The van der Waals surface area contributed by atoms with Gasteiger partial charge in [0.2, 0.25) is 0 Å². The third-order valence-corrected chi connectivity index (χ3v) is 2.43. The predicted octanol–water partition coefficient (Wildman–Crippen LogP) is -0.0465. The summed E-state index contributed by atoms with van der Waals surface area (Å²) in [5, 5.41) is 0.737. The number of amidine groups is 1. The van der Waals surface area contributed by atoms with Gasteiger partial charge in [-0.3, -0.25) is 10.7 Å². The molecule has 4 heteroatoms. The minimum atomic E-state index is 0.737. The Bertz CT molecular complexity index is 308. The first kappa shape index (κ1) is 10.9. The van der Waals surface area contributed by atoms with E-state index in [-0.39, 0.29) is 0 Å². The highest BCUT2D eigenvalue weighted by molar-refractivity contribution is 8.12. The molecule has 0 bridgehead atoms. The number of methoxy groups -OCH3 is 1. The highest BCUT2D eigenvalue weighted by Gasteiger charge is 1.96. The van der Waals surface area contributed by atoms with E-state index >= 15 is 0 Å². The van der Waals surface area contributed by atoms with Crippen molar-refractivity contribution in [3.63, 3.8) is 0 Å². The Labute approximate surface area is 88.4 Å². The van der Waals surface area contributed by atoms with E-state index in [1.165, 1.54) is 17.3 Å². The van der Waals surface area contributed by atoms with Gasteiger partial charge in [0, 0.05) is 0 Å². The lowest BCUT2D eigenvalue weighted by molar-refractivity contribution is -0.473. The monoisotopic (exact) mass is 211 g/mol. The lowest BCUT2D eigenvalue weighted by Crippen LogP contribution is -2.72. The maximum absolute atomic E-state index is 5.62. The van der Waals surface area contributed by atoms with Gasteiger partial charge in [0.1, 0.15) is 12.3 Å². The van der Waals surface area contributed by atoms with E-state index in [9.17, 15) is 0 Å². The molecule has 0 fully saturated rings. The third-order valence-electron chi connectivity index (χ3n) is 1.85. The zero-order valence-corrected chi connectivity index (χ0v) is 9.23. The summed E-state index contributed by atoms with van der Waals surface area (Å²) in [6, 6.07) is 7.90. The maximum atomic E-state index is 5.62. The van der Waals surface area contributed by atoms with Crippen LogP contribution in [0.1, 0.15) is 5.56 Å². The van der Waals surface area contributed by atoms with E-state index in [0.29, 0.717) is 0 Å². The topological polar surface area (TPSA) is 49.2 Å². The van der Waals surface area contributed by atoms with Crippen LogP contribution < -0.4 is 15.5 Å². The zero-order chi connectivity index (χ0) is 10.4. The SMILES string of the molecule is COc1ccc(C[NH+]=C(N)SC)cc1. The number of nitrogens with two attached hydrogens (primary N) is 1. The molecular formula is C10H15N2OS+. The van der Waals surface area contributed by atoms with Crippen molar-refractivity contribution in [1.29, 1.82) is 0 Å². The molecule has 3 N–H and O–H groups in total. The van der Waals surface area contributed by atoms with Crippen molar-refractivity contribution in [2.45, 2.75) is 6.54 Å². The molecule has 0 aromatic heterocycles. The lowest BCUT2D eigenvalue weighted by Gasteiger charge is -1.99. The highest BCUT2D eigenvalue weighted by Crippen LogP contribution is 2.09. The standard InChI is InChI=1S/C10H14N2OS/c1-13-9-5-3-8(4-6-9)7-12-10(11)14-2/h3-6H,7H2,1-2H3,(H2,11,12)/p+1. The second-order valence-corrected chi connectivity index (χ2v) is 3.62. The lowest BCUT2D eigenvalue weighted by atomic mass is 10.2. The molecule has 1 aromatic rings. The van der Waals surface area contributed by atoms with Crippen molar-refractivity contribution in [2.75, 3.05) is 13.4 Å². The summed E-state index contributed by atoms with van der Waals surface area (Å²) < 4.78 is 5.06. The van der Waals surface area contributed by atoms with Gasteiger partial charge in [-0.1, -0.05) is 12.1 Å². The smallest absolute Gasteiger partial charge is 0.301 e. The molecular weight excluding hydrogens is 196 g/mol. The molecule has 0 saturated heterocycles. The summed E-state index contributed by atoms with van der Waals surface area (Å²) in [5.41, 5.74) is 6.80. The Balaban J connectivity index is 2.60. The first-order valence-corrected chi connectivity index (χ1v) is 5.52. The van der Waals surface area contributed by atoms with Crippen LogP contribution in [0.2, 0.25) is 0 Å². The minimum absolute atomic E-state index is 0.737. The van der Waals surface area contributed by atoms with Gasteiger partial charge in [0.25, 0.3) is 0 Å². The molecule has 0 heterocycles. The Morgan fingerprint density at radius 2 is 2.07 bits per heavy atom. The molecule has 0 aliphatic rings. The largest absolute Gasteiger partial charge is 0.497 e. The molecule has 76 valence electrons. The molecule has 0 saturated carbocycles. The molecule has 0 spiro atoms. The molecule has 0 aliphatic carbocycles. The van der Waals surface area contributed by atoms with Crippen LogP contribution in [-0.4, -0.2) is 18.5 Å². The fourth-order valence-electron chi connectivity index (χ4n) is 1.00. The molecule has 0 amide bonds. The molecule has 0 radical (unpaired) electrons. The van der Waals surface area contributed by atoms with Gasteiger partial charge in [-0.2, -0.15) is 0 Å². The Hall–Kier alpha value is -1.16. The quantitative estimate of drug-likeness (QED) is 0.544. The summed E-state index contributed by atoms with van der Waals surface area (Å²) in [7, 11) is 1.66. The normalized spacial score (nSPS) is 11.4. The van der Waals surface area contributed by atoms with Crippen LogP contribution in [-0.2, 0) is 6.54 Å². The molecule has 1 rings (SSSR count). The number of hydrogen-bond donors (Lipinski definition) is 2. The van der Waals surface area contributed by atoms with Gasteiger partial charge in [-0.25, -0.2) is 0 Å². The van der Waals surface area contributed by atoms with Crippen LogP contribution in [0.4, 0.5) is 0 Å². The number of thioether (sulfide) groups is 1. The average molecular weight is 211 g/mol. The van der Waals surface area contributed by atoms with Gasteiger partial charge in [0.15, 0.2) is 0 Å². The fraction of sp³-hybridized carbons (Fsp3) is 0.300. The van der Waals surface area contributed by atoms with E-state index in [1.807, 2.05) is 30.5 Å². The van der Waals surface area contributed by atoms with Crippen molar-refractivity contribution < 1.29 is 9.73 Å². The summed E-state index contributed by atoms with van der Waals surface area (Å²) in [6.45, 7) is 0.747. The second-order valence-electron chi connectivity index (χ2n) is 2.77. The Morgan fingerprint density at radius 1 is 1.43 bits per heavy atom. The van der Waals surface area contributed by atoms with Crippen molar-refractivity contribution in [1.82, 2.24) is 0 Å². The van der Waals surface area contributed by atoms with Crippen molar-refractivity contribution in [3.8, 4) is 5.75 Å². The molecule has 14 heavy (non-hydrogen) atoms. The Kier molecular flexibility index (Phi) is 4.32. The molecule has 0 atom stereocenters. The fourth-order valence-corrected chi connectivity index (χ4v) is 1.22. The Morgan fingerprint density at radius 3 is 2.57 bits per heavy atom. The second kappa shape index (κ2) is 5.54. The third kappa shape index (κ3) is 3.30. The number of nitrogens with one attached hydrogen (secondary N) is 1. The van der Waals surface area contributed by atoms with Gasteiger partial charge in [-0.15, -0.1) is 0 Å². The van der Waals surface area contributed by atoms with Crippen LogP contribution in [0.3, 0.4) is 0 Å². The highest BCUT2D eigenvalue weighted by atomic mass is 32.2. The van der Waals surface area contributed by atoms with E-state index < -0.39 is 0 Å². The van der Waals surface area contributed by atoms with Crippen LogP contribution in [0.5, 0.6) is 5.75 Å².